The Balaban J connectivity index is 1.84. The maximum atomic E-state index is 13.1. The molecule has 0 spiro atoms. The van der Waals surface area contributed by atoms with E-state index in [0.29, 0.717) is 24.2 Å². The van der Waals surface area contributed by atoms with Crippen molar-refractivity contribution >= 4 is 45.4 Å². The van der Waals surface area contributed by atoms with E-state index < -0.39 is 0 Å². The van der Waals surface area contributed by atoms with Crippen LogP contribution < -0.4 is 0 Å². The molecule has 2 amide bonds. The van der Waals surface area contributed by atoms with Crippen molar-refractivity contribution in [1.82, 2.24) is 14.8 Å². The topological polar surface area (TPSA) is 56.4 Å². The van der Waals surface area contributed by atoms with Crippen LogP contribution in [0.25, 0.3) is 21.8 Å². The molecular weight excluding hydrogens is 358 g/mol. The number of carbonyl (C=O) groups excluding carboxylic acids is 2. The number of thioether (sulfide) groups is 1. The lowest BCUT2D eigenvalue weighted by Crippen LogP contribution is -2.38. The van der Waals surface area contributed by atoms with Crippen molar-refractivity contribution in [3.8, 4) is 0 Å². The van der Waals surface area contributed by atoms with Crippen molar-refractivity contribution in [3.05, 3.63) is 41.5 Å². The van der Waals surface area contributed by atoms with E-state index in [1.165, 1.54) is 4.90 Å². The Kier molecular flexibility index (Phi) is 4.70. The lowest BCUT2D eigenvalue weighted by molar-refractivity contribution is 0.0638. The normalized spacial score (nSPS) is 14.1. The molecule has 0 fully saturated rings. The number of hydrogen-bond acceptors (Lipinski definition) is 4. The molecule has 0 bridgehead atoms. The molecule has 4 rings (SSSR count). The molecule has 0 saturated heterocycles. The maximum Gasteiger partial charge on any atom is 0.263 e. The fraction of sp³-hybridized carbons (Fsp3) is 0.333. The number of likely N-dealkylation sites (N-methyl/N-ethyl adjacent to an activating group) is 1. The Morgan fingerprint density at radius 1 is 1.11 bits per heavy atom. The van der Waals surface area contributed by atoms with Crippen LogP contribution >= 0.6 is 11.8 Å². The summed E-state index contributed by atoms with van der Waals surface area (Å²) in [5.41, 5.74) is 2.80. The predicted octanol–water partition coefficient (Wildman–Crippen LogP) is 3.98. The first-order valence-corrected chi connectivity index (χ1v) is 10.5. The molecule has 2 heterocycles. The van der Waals surface area contributed by atoms with Crippen LogP contribution in [0.2, 0.25) is 0 Å². The van der Waals surface area contributed by atoms with Gasteiger partial charge in [0.05, 0.1) is 16.6 Å². The molecule has 0 radical (unpaired) electrons. The van der Waals surface area contributed by atoms with Gasteiger partial charge >= 0.3 is 0 Å². The van der Waals surface area contributed by atoms with E-state index in [1.807, 2.05) is 30.5 Å². The highest BCUT2D eigenvalue weighted by atomic mass is 32.2. The number of carbonyl (C=O) groups is 2. The molecule has 6 heteroatoms. The molecule has 140 valence electrons. The number of nitrogens with one attached hydrogen (secondary N) is 1. The Bertz CT molecular complexity index is 1050. The fourth-order valence-corrected chi connectivity index (χ4v) is 4.56. The van der Waals surface area contributed by atoms with Gasteiger partial charge in [-0.1, -0.05) is 32.0 Å². The summed E-state index contributed by atoms with van der Waals surface area (Å²) in [7, 11) is 0. The summed E-state index contributed by atoms with van der Waals surface area (Å²) in [6, 6.07) is 9.92. The van der Waals surface area contributed by atoms with Gasteiger partial charge in [-0.2, -0.15) is 0 Å². The highest BCUT2D eigenvalue weighted by Crippen LogP contribution is 2.39. The van der Waals surface area contributed by atoms with Crippen LogP contribution in [-0.4, -0.2) is 59.0 Å². The standard InChI is InChI=1S/C21H23N3O2S/c1-4-23(5-2)10-11-24-20(25)14-12-16(27-3)17-13-8-6-7-9-15(13)22-19(17)18(14)21(24)26/h6-9,12,22H,4-5,10-11H2,1-3H3. The van der Waals surface area contributed by atoms with Crippen molar-refractivity contribution in [2.45, 2.75) is 18.7 Å². The Morgan fingerprint density at radius 3 is 2.56 bits per heavy atom. The molecule has 0 aliphatic carbocycles. The molecule has 3 aromatic rings. The first-order valence-electron chi connectivity index (χ1n) is 9.30. The number of aromatic amines is 1. The van der Waals surface area contributed by atoms with Crippen LogP contribution in [0.5, 0.6) is 0 Å². The number of benzene rings is 2. The van der Waals surface area contributed by atoms with E-state index in [1.54, 1.807) is 11.8 Å². The second-order valence-electron chi connectivity index (χ2n) is 6.71. The zero-order valence-electron chi connectivity index (χ0n) is 15.8. The van der Waals surface area contributed by atoms with Crippen LogP contribution in [0, 0.1) is 0 Å². The summed E-state index contributed by atoms with van der Waals surface area (Å²) in [5, 5.41) is 2.12. The Morgan fingerprint density at radius 2 is 1.85 bits per heavy atom. The first kappa shape index (κ1) is 18.1. The number of rotatable bonds is 6. The molecule has 1 aliphatic rings. The lowest BCUT2D eigenvalue weighted by atomic mass is 10.0. The van der Waals surface area contributed by atoms with Crippen LogP contribution in [0.3, 0.4) is 0 Å². The number of amides is 2. The molecule has 1 aromatic heterocycles. The van der Waals surface area contributed by atoms with Crippen molar-refractivity contribution in [3.63, 3.8) is 0 Å². The van der Waals surface area contributed by atoms with Crippen molar-refractivity contribution < 1.29 is 9.59 Å². The largest absolute Gasteiger partial charge is 0.354 e. The number of hydrogen-bond donors (Lipinski definition) is 1. The van der Waals surface area contributed by atoms with E-state index in [-0.39, 0.29) is 11.8 Å². The van der Waals surface area contributed by atoms with Crippen LogP contribution in [0.1, 0.15) is 34.6 Å². The second-order valence-corrected chi connectivity index (χ2v) is 7.56. The molecule has 27 heavy (non-hydrogen) atoms. The minimum Gasteiger partial charge on any atom is -0.354 e. The van der Waals surface area contributed by atoms with E-state index >= 15 is 0 Å². The van der Waals surface area contributed by atoms with Gasteiger partial charge in [-0.25, -0.2) is 0 Å². The van der Waals surface area contributed by atoms with E-state index in [0.717, 1.165) is 39.8 Å². The summed E-state index contributed by atoms with van der Waals surface area (Å²) in [5.74, 6) is -0.371. The molecule has 0 atom stereocenters. The predicted molar refractivity (Wildman–Crippen MR) is 111 cm³/mol. The molecule has 1 aliphatic heterocycles. The van der Waals surface area contributed by atoms with Crippen molar-refractivity contribution in [1.29, 1.82) is 0 Å². The third-order valence-electron chi connectivity index (χ3n) is 5.44. The van der Waals surface area contributed by atoms with E-state index in [4.69, 9.17) is 0 Å². The van der Waals surface area contributed by atoms with E-state index in [2.05, 4.69) is 29.8 Å². The second kappa shape index (κ2) is 7.02. The number of fused-ring (bicyclic) bond motifs is 5. The highest BCUT2D eigenvalue weighted by molar-refractivity contribution is 7.98. The molecule has 2 aromatic carbocycles. The minimum atomic E-state index is -0.189. The number of nitrogens with zero attached hydrogens (tertiary/aromatic N) is 2. The smallest absolute Gasteiger partial charge is 0.263 e. The van der Waals surface area contributed by atoms with Gasteiger partial charge in [-0.3, -0.25) is 14.5 Å². The molecule has 0 unspecified atom stereocenters. The minimum absolute atomic E-state index is 0.182. The van der Waals surface area contributed by atoms with Gasteiger partial charge in [0, 0.05) is 34.3 Å². The van der Waals surface area contributed by atoms with Gasteiger partial charge in [0.25, 0.3) is 11.8 Å². The third-order valence-corrected chi connectivity index (χ3v) is 6.20. The van der Waals surface area contributed by atoms with Crippen LogP contribution in [0.15, 0.2) is 35.2 Å². The SMILES string of the molecule is CCN(CC)CCN1C(=O)c2cc(SC)c3c([nH]c4ccccc43)c2C1=O. The van der Waals surface area contributed by atoms with Gasteiger partial charge < -0.3 is 9.88 Å². The molecule has 1 N–H and O–H groups in total. The summed E-state index contributed by atoms with van der Waals surface area (Å²) < 4.78 is 0. The lowest BCUT2D eigenvalue weighted by Gasteiger charge is -2.21. The summed E-state index contributed by atoms with van der Waals surface area (Å²) in [4.78, 5) is 34.2. The Hall–Kier alpha value is -2.31. The van der Waals surface area contributed by atoms with Crippen LogP contribution in [0.4, 0.5) is 0 Å². The average Bonchev–Trinajstić information content (AvgIpc) is 3.18. The van der Waals surface area contributed by atoms with Gasteiger partial charge in [-0.05, 0) is 31.5 Å². The van der Waals surface area contributed by atoms with Gasteiger partial charge in [0.2, 0.25) is 0 Å². The average molecular weight is 382 g/mol. The molecular formula is C21H23N3O2S. The zero-order valence-corrected chi connectivity index (χ0v) is 16.7. The molecule has 5 nitrogen and oxygen atoms in total. The van der Waals surface area contributed by atoms with Gasteiger partial charge in [-0.15, -0.1) is 11.8 Å². The number of aromatic nitrogens is 1. The van der Waals surface area contributed by atoms with Crippen molar-refractivity contribution in [2.24, 2.45) is 0 Å². The number of H-pyrrole nitrogens is 1. The summed E-state index contributed by atoms with van der Waals surface area (Å²) in [6.45, 7) is 7.11. The summed E-state index contributed by atoms with van der Waals surface area (Å²) >= 11 is 1.60. The highest BCUT2D eigenvalue weighted by Gasteiger charge is 2.38. The van der Waals surface area contributed by atoms with E-state index in [9.17, 15) is 9.59 Å². The van der Waals surface area contributed by atoms with Gasteiger partial charge in [0.15, 0.2) is 0 Å². The monoisotopic (exact) mass is 381 g/mol. The zero-order chi connectivity index (χ0) is 19.1. The number of para-hydroxylation sites is 1. The Labute approximate surface area is 162 Å². The maximum absolute atomic E-state index is 13.1. The third kappa shape index (κ3) is 2.75. The quantitative estimate of drug-likeness (QED) is 0.518. The number of imide groups is 1. The van der Waals surface area contributed by atoms with Crippen molar-refractivity contribution in [2.75, 3.05) is 32.4 Å². The first-order chi connectivity index (χ1) is 13.1. The summed E-state index contributed by atoms with van der Waals surface area (Å²) in [6.07, 6.45) is 2.00. The molecule has 0 saturated carbocycles. The van der Waals surface area contributed by atoms with Gasteiger partial charge in [0.1, 0.15) is 0 Å². The fourth-order valence-electron chi connectivity index (χ4n) is 3.90. The van der Waals surface area contributed by atoms with Crippen LogP contribution in [-0.2, 0) is 0 Å².